The van der Waals surface area contributed by atoms with Crippen molar-refractivity contribution >= 4 is 0 Å². The van der Waals surface area contributed by atoms with Gasteiger partial charge in [-0.05, 0) is 25.3 Å². The van der Waals surface area contributed by atoms with E-state index in [0.717, 1.165) is 13.0 Å². The molecular weight excluding hydrogens is 166 g/mol. The van der Waals surface area contributed by atoms with E-state index in [0.29, 0.717) is 12.0 Å². The maximum Gasteiger partial charge on any atom is 0.0972 e. The summed E-state index contributed by atoms with van der Waals surface area (Å²) in [7, 11) is 0. The summed E-state index contributed by atoms with van der Waals surface area (Å²) < 4.78 is 0. The molecule has 0 saturated carbocycles. The zero-order valence-corrected chi connectivity index (χ0v) is 9.22. The molecule has 0 bridgehead atoms. The maximum absolute atomic E-state index is 9.44. The molecule has 0 aliphatic carbocycles. The molecule has 1 atom stereocenters. The van der Waals surface area contributed by atoms with Crippen LogP contribution >= 0.6 is 0 Å². The minimum absolute atomic E-state index is 0.199. The summed E-state index contributed by atoms with van der Waals surface area (Å²) in [5.74, 6) is 0. The molecule has 0 radical (unpaired) electrons. The normalized spacial score (nSPS) is 17.1. The molecule has 0 spiro atoms. The standard InChI is InChI=1S/C10H23NO2/c1-9(2,3)5-6-11-7-10(4,13)8-12/h11-13H,5-8H2,1-4H3. The summed E-state index contributed by atoms with van der Waals surface area (Å²) >= 11 is 0. The van der Waals surface area contributed by atoms with Crippen molar-refractivity contribution in [3.05, 3.63) is 0 Å². The van der Waals surface area contributed by atoms with Gasteiger partial charge in [0.1, 0.15) is 0 Å². The Kier molecular flexibility index (Phi) is 4.89. The highest BCUT2D eigenvalue weighted by molar-refractivity contribution is 4.74. The fourth-order valence-corrected chi connectivity index (χ4v) is 0.877. The van der Waals surface area contributed by atoms with Gasteiger partial charge in [0, 0.05) is 6.54 Å². The molecule has 0 aromatic rings. The molecule has 0 rings (SSSR count). The molecule has 0 fully saturated rings. The first-order valence-corrected chi connectivity index (χ1v) is 4.81. The van der Waals surface area contributed by atoms with E-state index in [1.54, 1.807) is 6.92 Å². The number of hydrogen-bond donors (Lipinski definition) is 3. The fraction of sp³-hybridized carbons (Fsp3) is 1.00. The van der Waals surface area contributed by atoms with Crippen LogP contribution in [0.4, 0.5) is 0 Å². The Morgan fingerprint density at radius 1 is 1.15 bits per heavy atom. The van der Waals surface area contributed by atoms with Crippen LogP contribution in [0.5, 0.6) is 0 Å². The van der Waals surface area contributed by atoms with Gasteiger partial charge in [0.2, 0.25) is 0 Å². The van der Waals surface area contributed by atoms with Crippen molar-refractivity contribution in [2.75, 3.05) is 19.7 Å². The van der Waals surface area contributed by atoms with Gasteiger partial charge >= 0.3 is 0 Å². The lowest BCUT2D eigenvalue weighted by Crippen LogP contribution is -2.41. The van der Waals surface area contributed by atoms with Crippen LogP contribution in [-0.2, 0) is 0 Å². The topological polar surface area (TPSA) is 52.5 Å². The van der Waals surface area contributed by atoms with Gasteiger partial charge in [-0.1, -0.05) is 20.8 Å². The summed E-state index contributed by atoms with van der Waals surface area (Å²) in [6.45, 7) is 9.28. The summed E-state index contributed by atoms with van der Waals surface area (Å²) in [4.78, 5) is 0. The summed E-state index contributed by atoms with van der Waals surface area (Å²) in [6.07, 6.45) is 1.06. The summed E-state index contributed by atoms with van der Waals surface area (Å²) in [5, 5.41) is 21.3. The molecule has 0 amide bonds. The number of aliphatic hydroxyl groups excluding tert-OH is 1. The van der Waals surface area contributed by atoms with E-state index in [1.165, 1.54) is 0 Å². The Morgan fingerprint density at radius 3 is 2.08 bits per heavy atom. The molecule has 1 unspecified atom stereocenters. The van der Waals surface area contributed by atoms with Gasteiger partial charge in [0.25, 0.3) is 0 Å². The Hall–Kier alpha value is -0.120. The Balaban J connectivity index is 3.47. The second-order valence-corrected chi connectivity index (χ2v) is 5.14. The Labute approximate surface area is 81.2 Å². The predicted molar refractivity (Wildman–Crippen MR) is 54.7 cm³/mol. The fourth-order valence-electron chi connectivity index (χ4n) is 0.877. The monoisotopic (exact) mass is 189 g/mol. The van der Waals surface area contributed by atoms with Crippen LogP contribution in [0.25, 0.3) is 0 Å². The van der Waals surface area contributed by atoms with E-state index >= 15 is 0 Å². The minimum Gasteiger partial charge on any atom is -0.393 e. The average molecular weight is 189 g/mol. The maximum atomic E-state index is 9.44. The van der Waals surface area contributed by atoms with Gasteiger partial charge in [-0.3, -0.25) is 0 Å². The van der Waals surface area contributed by atoms with Crippen molar-refractivity contribution < 1.29 is 10.2 Å². The Bertz CT molecular complexity index is 138. The van der Waals surface area contributed by atoms with E-state index in [9.17, 15) is 5.11 Å². The van der Waals surface area contributed by atoms with E-state index < -0.39 is 5.60 Å². The summed E-state index contributed by atoms with van der Waals surface area (Å²) in [5.41, 5.74) is -0.671. The van der Waals surface area contributed by atoms with Gasteiger partial charge < -0.3 is 15.5 Å². The minimum atomic E-state index is -0.988. The molecule has 3 nitrogen and oxygen atoms in total. The molecule has 0 aliphatic heterocycles. The first-order valence-electron chi connectivity index (χ1n) is 4.81. The number of hydrogen-bond acceptors (Lipinski definition) is 3. The van der Waals surface area contributed by atoms with Crippen molar-refractivity contribution in [3.63, 3.8) is 0 Å². The second-order valence-electron chi connectivity index (χ2n) is 5.14. The first kappa shape index (κ1) is 12.9. The van der Waals surface area contributed by atoms with Gasteiger partial charge in [-0.2, -0.15) is 0 Å². The second kappa shape index (κ2) is 4.94. The van der Waals surface area contributed by atoms with Crippen molar-refractivity contribution in [1.29, 1.82) is 0 Å². The van der Waals surface area contributed by atoms with Crippen LogP contribution in [0.15, 0.2) is 0 Å². The van der Waals surface area contributed by atoms with E-state index in [1.807, 2.05) is 0 Å². The molecule has 0 aromatic heterocycles. The van der Waals surface area contributed by atoms with Crippen molar-refractivity contribution in [1.82, 2.24) is 5.32 Å². The third-order valence-corrected chi connectivity index (χ3v) is 1.90. The highest BCUT2D eigenvalue weighted by atomic mass is 16.3. The van der Waals surface area contributed by atoms with E-state index in [-0.39, 0.29) is 6.61 Å². The van der Waals surface area contributed by atoms with E-state index in [4.69, 9.17) is 5.11 Å². The van der Waals surface area contributed by atoms with Gasteiger partial charge in [-0.15, -0.1) is 0 Å². The van der Waals surface area contributed by atoms with Crippen LogP contribution in [-0.4, -0.2) is 35.5 Å². The Morgan fingerprint density at radius 2 is 1.69 bits per heavy atom. The predicted octanol–water partition coefficient (Wildman–Crippen LogP) is 0.755. The van der Waals surface area contributed by atoms with Crippen LogP contribution in [0, 0.1) is 5.41 Å². The number of aliphatic hydroxyl groups is 2. The molecule has 13 heavy (non-hydrogen) atoms. The molecule has 0 aliphatic rings. The van der Waals surface area contributed by atoms with Gasteiger partial charge in [0.05, 0.1) is 12.2 Å². The zero-order valence-electron chi connectivity index (χ0n) is 9.22. The molecule has 3 heteroatoms. The van der Waals surface area contributed by atoms with Crippen molar-refractivity contribution in [3.8, 4) is 0 Å². The SMILES string of the molecule is CC(C)(C)CCNCC(C)(O)CO. The lowest BCUT2D eigenvalue weighted by Gasteiger charge is -2.23. The number of nitrogens with one attached hydrogen (secondary N) is 1. The third-order valence-electron chi connectivity index (χ3n) is 1.90. The number of rotatable bonds is 5. The van der Waals surface area contributed by atoms with E-state index in [2.05, 4.69) is 26.1 Å². The molecule has 0 aromatic carbocycles. The molecule has 3 N–H and O–H groups in total. The third kappa shape index (κ3) is 8.22. The summed E-state index contributed by atoms with van der Waals surface area (Å²) in [6, 6.07) is 0. The largest absolute Gasteiger partial charge is 0.393 e. The van der Waals surface area contributed by atoms with Crippen molar-refractivity contribution in [2.45, 2.75) is 39.7 Å². The highest BCUT2D eigenvalue weighted by Crippen LogP contribution is 2.16. The van der Waals surface area contributed by atoms with Crippen LogP contribution in [0.1, 0.15) is 34.1 Å². The van der Waals surface area contributed by atoms with Crippen molar-refractivity contribution in [2.24, 2.45) is 5.41 Å². The first-order chi connectivity index (χ1) is 5.77. The average Bonchev–Trinajstić information content (AvgIpc) is 1.97. The lowest BCUT2D eigenvalue weighted by molar-refractivity contribution is 0.00251. The van der Waals surface area contributed by atoms with Crippen LogP contribution in [0.2, 0.25) is 0 Å². The molecule has 0 heterocycles. The van der Waals surface area contributed by atoms with Crippen LogP contribution in [0.3, 0.4) is 0 Å². The highest BCUT2D eigenvalue weighted by Gasteiger charge is 2.18. The quantitative estimate of drug-likeness (QED) is 0.560. The molecule has 80 valence electrons. The van der Waals surface area contributed by atoms with Gasteiger partial charge in [0.15, 0.2) is 0 Å². The van der Waals surface area contributed by atoms with Gasteiger partial charge in [-0.25, -0.2) is 0 Å². The van der Waals surface area contributed by atoms with Crippen LogP contribution < -0.4 is 5.32 Å². The molecular formula is C10H23NO2. The lowest BCUT2D eigenvalue weighted by atomic mass is 9.92. The molecule has 0 saturated heterocycles. The zero-order chi connectivity index (χ0) is 10.5. The smallest absolute Gasteiger partial charge is 0.0972 e.